The number of carbonyl (C=O) groups excluding carboxylic acids is 1. The molecule has 1 aliphatic heterocycles. The van der Waals surface area contributed by atoms with Crippen LogP contribution in [0.5, 0.6) is 0 Å². The van der Waals surface area contributed by atoms with Gasteiger partial charge in [0.1, 0.15) is 5.82 Å². The topological polar surface area (TPSA) is 73.1 Å². The molecule has 0 radical (unpaired) electrons. The van der Waals surface area contributed by atoms with Crippen LogP contribution in [-0.4, -0.2) is 14.9 Å². The highest BCUT2D eigenvalue weighted by Crippen LogP contribution is 2.48. The summed E-state index contributed by atoms with van der Waals surface area (Å²) in [6.45, 7) is 3.85. The Morgan fingerprint density at radius 1 is 1.06 bits per heavy atom. The van der Waals surface area contributed by atoms with Crippen molar-refractivity contribution < 1.29 is 18.0 Å². The summed E-state index contributed by atoms with van der Waals surface area (Å²) in [6.07, 6.45) is -3.90. The lowest BCUT2D eigenvalue weighted by Crippen LogP contribution is -2.45. The molecule has 1 aromatic heterocycles. The summed E-state index contributed by atoms with van der Waals surface area (Å²) < 4.78 is 42.4. The van der Waals surface area contributed by atoms with Gasteiger partial charge in [0.2, 0.25) is 0 Å². The molecule has 0 bridgehead atoms. The normalized spacial score (nSPS) is 20.2. The Labute approximate surface area is 176 Å². The number of nitrogens with one attached hydrogen (secondary N) is 1. The van der Waals surface area contributed by atoms with Gasteiger partial charge >= 0.3 is 11.9 Å². The van der Waals surface area contributed by atoms with Crippen LogP contribution in [0.1, 0.15) is 49.3 Å². The Balaban J connectivity index is 2.07. The number of benzene rings is 1. The Kier molecular flexibility index (Phi) is 4.57. The molecule has 1 aliphatic carbocycles. The van der Waals surface area contributed by atoms with Gasteiger partial charge in [0.15, 0.2) is 5.78 Å². The maximum Gasteiger partial charge on any atom is 0.416 e. The number of aromatic nitrogens is 2. The molecule has 2 heterocycles. The standard InChI is InChI=1S/C22H22F3N3O3/c1-21(2)9-13-16(14(29)10-21)15(11-6-5-7-12(8-11)22(23,24)25)17-18(26-13)27(3)20(31)28(4)19(17)30/h5-8,15,26H,9-10H2,1-4H3/t15-/m0/s1. The van der Waals surface area contributed by atoms with E-state index < -0.39 is 28.9 Å². The predicted molar refractivity (Wildman–Crippen MR) is 109 cm³/mol. The van der Waals surface area contributed by atoms with Crippen molar-refractivity contribution in [3.8, 4) is 0 Å². The van der Waals surface area contributed by atoms with Crippen LogP contribution in [0.15, 0.2) is 45.1 Å². The van der Waals surface area contributed by atoms with E-state index in [9.17, 15) is 27.6 Å². The van der Waals surface area contributed by atoms with E-state index in [1.807, 2.05) is 13.8 Å². The van der Waals surface area contributed by atoms with Gasteiger partial charge in [-0.3, -0.25) is 18.7 Å². The zero-order valence-corrected chi connectivity index (χ0v) is 17.6. The van der Waals surface area contributed by atoms with Crippen LogP contribution in [0, 0.1) is 5.41 Å². The average Bonchev–Trinajstić information content (AvgIpc) is 2.67. The third-order valence-corrected chi connectivity index (χ3v) is 6.01. The van der Waals surface area contributed by atoms with Gasteiger partial charge in [-0.25, -0.2) is 4.79 Å². The summed E-state index contributed by atoms with van der Waals surface area (Å²) in [4.78, 5) is 38.8. The monoisotopic (exact) mass is 433 g/mol. The molecule has 0 spiro atoms. The van der Waals surface area contributed by atoms with Crippen molar-refractivity contribution in [3.05, 3.63) is 73.1 Å². The molecule has 0 saturated heterocycles. The Morgan fingerprint density at radius 2 is 1.74 bits per heavy atom. The third kappa shape index (κ3) is 3.32. The number of carbonyl (C=O) groups is 1. The molecule has 2 aliphatic rings. The van der Waals surface area contributed by atoms with Gasteiger partial charge in [-0.05, 0) is 23.5 Å². The van der Waals surface area contributed by atoms with Gasteiger partial charge < -0.3 is 5.32 Å². The third-order valence-electron chi connectivity index (χ3n) is 6.01. The van der Waals surface area contributed by atoms with Crippen molar-refractivity contribution >= 4 is 11.6 Å². The van der Waals surface area contributed by atoms with Gasteiger partial charge in [-0.15, -0.1) is 0 Å². The highest BCUT2D eigenvalue weighted by Gasteiger charge is 2.43. The Morgan fingerprint density at radius 3 is 2.39 bits per heavy atom. The number of ketones is 1. The number of Topliss-reactive ketones (excluding diaryl/α,β-unsaturated/α-hetero) is 1. The van der Waals surface area contributed by atoms with E-state index >= 15 is 0 Å². The second-order valence-electron chi connectivity index (χ2n) is 8.98. The van der Waals surface area contributed by atoms with Crippen LogP contribution in [0.3, 0.4) is 0 Å². The highest BCUT2D eigenvalue weighted by molar-refractivity contribution is 6.01. The molecular formula is C22H22F3N3O3. The van der Waals surface area contributed by atoms with Crippen LogP contribution < -0.4 is 16.6 Å². The number of anilines is 1. The van der Waals surface area contributed by atoms with Crippen LogP contribution >= 0.6 is 0 Å². The van der Waals surface area contributed by atoms with Crippen LogP contribution in [0.25, 0.3) is 0 Å². The minimum atomic E-state index is -4.57. The predicted octanol–water partition coefficient (Wildman–Crippen LogP) is 3.30. The summed E-state index contributed by atoms with van der Waals surface area (Å²) in [7, 11) is 2.79. The zero-order chi connectivity index (χ0) is 22.9. The second kappa shape index (κ2) is 6.70. The van der Waals surface area contributed by atoms with Gasteiger partial charge in [-0.2, -0.15) is 13.2 Å². The number of nitrogens with zero attached hydrogens (tertiary/aromatic N) is 2. The van der Waals surface area contributed by atoms with Crippen molar-refractivity contribution in [1.29, 1.82) is 0 Å². The number of halogens is 3. The van der Waals surface area contributed by atoms with Crippen LogP contribution in [0.2, 0.25) is 0 Å². The number of alkyl halides is 3. The van der Waals surface area contributed by atoms with Crippen LogP contribution in [-0.2, 0) is 25.1 Å². The van der Waals surface area contributed by atoms with E-state index in [1.165, 1.54) is 30.8 Å². The van der Waals surface area contributed by atoms with E-state index in [1.54, 1.807) is 0 Å². The first-order valence-electron chi connectivity index (χ1n) is 9.82. The molecule has 1 aromatic carbocycles. The maximum absolute atomic E-state index is 13.4. The average molecular weight is 433 g/mol. The van der Waals surface area contributed by atoms with Gasteiger partial charge in [0.25, 0.3) is 5.56 Å². The van der Waals surface area contributed by atoms with Crippen molar-refractivity contribution in [3.63, 3.8) is 0 Å². The van der Waals surface area contributed by atoms with Crippen molar-refractivity contribution in [1.82, 2.24) is 9.13 Å². The maximum atomic E-state index is 13.4. The molecule has 0 fully saturated rings. The van der Waals surface area contributed by atoms with Gasteiger partial charge in [-0.1, -0.05) is 32.0 Å². The Hall–Kier alpha value is -3.10. The van der Waals surface area contributed by atoms with Gasteiger partial charge in [0, 0.05) is 37.7 Å². The molecule has 1 atom stereocenters. The Bertz CT molecular complexity index is 1270. The second-order valence-corrected chi connectivity index (χ2v) is 8.98. The molecule has 31 heavy (non-hydrogen) atoms. The highest BCUT2D eigenvalue weighted by atomic mass is 19.4. The molecule has 9 heteroatoms. The number of hydrogen-bond donors (Lipinski definition) is 1. The molecule has 4 rings (SSSR count). The summed E-state index contributed by atoms with van der Waals surface area (Å²) >= 11 is 0. The zero-order valence-electron chi connectivity index (χ0n) is 17.6. The SMILES string of the molecule is Cn1c2c(c(=O)n(C)c1=O)[C@@H](c1cccc(C(F)(F)F)c1)C1=C(CC(C)(C)CC1=O)N2. The molecular weight excluding hydrogens is 411 g/mol. The van der Waals surface area contributed by atoms with Crippen molar-refractivity contribution in [2.24, 2.45) is 19.5 Å². The molecule has 1 N–H and O–H groups in total. The molecule has 0 amide bonds. The first-order valence-corrected chi connectivity index (χ1v) is 9.82. The lowest BCUT2D eigenvalue weighted by atomic mass is 9.69. The molecule has 2 aromatic rings. The molecule has 164 valence electrons. The molecule has 0 saturated carbocycles. The van der Waals surface area contributed by atoms with Crippen molar-refractivity contribution in [2.75, 3.05) is 5.32 Å². The fourth-order valence-electron chi connectivity index (χ4n) is 4.58. The van der Waals surface area contributed by atoms with E-state index in [2.05, 4.69) is 5.32 Å². The molecule has 6 nitrogen and oxygen atoms in total. The largest absolute Gasteiger partial charge is 0.416 e. The van der Waals surface area contributed by atoms with E-state index in [-0.39, 0.29) is 34.6 Å². The first-order chi connectivity index (χ1) is 14.3. The molecule has 0 unspecified atom stereocenters. The minimum Gasteiger partial charge on any atom is -0.344 e. The number of hydrogen-bond acceptors (Lipinski definition) is 4. The fourth-order valence-corrected chi connectivity index (χ4v) is 4.58. The lowest BCUT2D eigenvalue weighted by Gasteiger charge is -2.39. The minimum absolute atomic E-state index is 0.0933. The number of allylic oxidation sites excluding steroid dienone is 2. The van der Waals surface area contributed by atoms with Crippen molar-refractivity contribution in [2.45, 2.75) is 38.8 Å². The van der Waals surface area contributed by atoms with Crippen LogP contribution in [0.4, 0.5) is 19.0 Å². The first kappa shape index (κ1) is 21.1. The van der Waals surface area contributed by atoms with Gasteiger partial charge in [0.05, 0.1) is 11.1 Å². The summed E-state index contributed by atoms with van der Waals surface area (Å²) in [6, 6.07) is 4.67. The van der Waals surface area contributed by atoms with E-state index in [0.717, 1.165) is 16.7 Å². The quantitative estimate of drug-likeness (QED) is 0.749. The fraction of sp³-hybridized carbons (Fsp3) is 0.409. The lowest BCUT2D eigenvalue weighted by molar-refractivity contribution is -0.137. The van der Waals surface area contributed by atoms with E-state index in [0.29, 0.717) is 17.7 Å². The summed E-state index contributed by atoms with van der Waals surface area (Å²) in [5, 5.41) is 3.09. The smallest absolute Gasteiger partial charge is 0.344 e. The number of fused-ring (bicyclic) bond motifs is 1. The number of rotatable bonds is 1. The summed E-state index contributed by atoms with van der Waals surface area (Å²) in [5.74, 6) is -1.01. The van der Waals surface area contributed by atoms with E-state index in [4.69, 9.17) is 0 Å². The summed E-state index contributed by atoms with van der Waals surface area (Å²) in [5.41, 5.74) is -1.32.